The van der Waals surface area contributed by atoms with Crippen molar-refractivity contribution in [3.8, 4) is 0 Å². The molecule has 0 bridgehead atoms. The van der Waals surface area contributed by atoms with E-state index in [2.05, 4.69) is 5.32 Å². The number of hydrogen-bond donors (Lipinski definition) is 1. The zero-order chi connectivity index (χ0) is 16.0. The molecule has 1 N–H and O–H groups in total. The second kappa shape index (κ2) is 5.44. The minimum Gasteiger partial charge on any atom is -0.381 e. The number of likely N-dealkylation sites (tertiary alicyclic amines) is 1. The smallest absolute Gasteiger partial charge is 0.317 e. The molecule has 2 amide bonds. The summed E-state index contributed by atoms with van der Waals surface area (Å²) in [6.07, 6.45) is 2.71. The number of urea groups is 1. The first-order chi connectivity index (χ1) is 11.1. The predicted molar refractivity (Wildman–Crippen MR) is 80.1 cm³/mol. The van der Waals surface area contributed by atoms with Crippen molar-refractivity contribution in [3.05, 3.63) is 35.4 Å². The quantitative estimate of drug-likeness (QED) is 0.909. The van der Waals surface area contributed by atoms with Gasteiger partial charge in [0.2, 0.25) is 0 Å². The average Bonchev–Trinajstić information content (AvgIpc) is 2.96. The van der Waals surface area contributed by atoms with Gasteiger partial charge in [-0.3, -0.25) is 0 Å². The molecular weight excluding hydrogens is 302 g/mol. The fraction of sp³-hybridized carbons (Fsp3) is 0.588. The van der Waals surface area contributed by atoms with Crippen molar-refractivity contribution < 1.29 is 18.3 Å². The SMILES string of the molecule is O=C(N[C@@H]1C[C@H]1c1ccc(F)cc1F)N1CC[C@@]2(CCOC2)C1. The van der Waals surface area contributed by atoms with Gasteiger partial charge in [-0.05, 0) is 30.9 Å². The van der Waals surface area contributed by atoms with Crippen LogP contribution in [0.5, 0.6) is 0 Å². The van der Waals surface area contributed by atoms with Crippen LogP contribution in [0.1, 0.15) is 30.7 Å². The van der Waals surface area contributed by atoms with Gasteiger partial charge in [-0.1, -0.05) is 6.07 Å². The molecule has 2 saturated heterocycles. The maximum Gasteiger partial charge on any atom is 0.317 e. The molecule has 4 rings (SSSR count). The van der Waals surface area contributed by atoms with Crippen LogP contribution in [0.2, 0.25) is 0 Å². The molecular formula is C17H20F2N2O2. The lowest BCUT2D eigenvalue weighted by Gasteiger charge is -2.22. The number of nitrogens with zero attached hydrogens (tertiary/aromatic N) is 1. The Hall–Kier alpha value is -1.69. The Morgan fingerprint density at radius 1 is 1.35 bits per heavy atom. The molecule has 1 aromatic rings. The van der Waals surface area contributed by atoms with Gasteiger partial charge < -0.3 is 15.0 Å². The summed E-state index contributed by atoms with van der Waals surface area (Å²) in [5.41, 5.74) is 0.627. The molecule has 2 heterocycles. The highest BCUT2D eigenvalue weighted by Gasteiger charge is 2.45. The van der Waals surface area contributed by atoms with Gasteiger partial charge in [0.05, 0.1) is 6.61 Å². The third-order valence-electron chi connectivity index (χ3n) is 5.37. The van der Waals surface area contributed by atoms with E-state index in [9.17, 15) is 13.6 Å². The topological polar surface area (TPSA) is 41.6 Å². The summed E-state index contributed by atoms with van der Waals surface area (Å²) in [5.74, 6) is -1.16. The molecule has 6 heteroatoms. The van der Waals surface area contributed by atoms with E-state index in [1.165, 1.54) is 12.1 Å². The molecule has 23 heavy (non-hydrogen) atoms. The fourth-order valence-corrected chi connectivity index (χ4v) is 3.83. The fourth-order valence-electron chi connectivity index (χ4n) is 3.83. The average molecular weight is 322 g/mol. The first-order valence-electron chi connectivity index (χ1n) is 8.14. The normalized spacial score (nSPS) is 32.5. The van der Waals surface area contributed by atoms with Gasteiger partial charge in [-0.15, -0.1) is 0 Å². The summed E-state index contributed by atoms with van der Waals surface area (Å²) in [6.45, 7) is 3.01. The lowest BCUT2D eigenvalue weighted by molar-refractivity contribution is 0.152. The molecule has 1 aliphatic carbocycles. The van der Waals surface area contributed by atoms with Crippen molar-refractivity contribution in [2.45, 2.75) is 31.2 Å². The molecule has 1 spiro atoms. The minimum atomic E-state index is -0.575. The van der Waals surface area contributed by atoms with E-state index in [4.69, 9.17) is 4.74 Å². The lowest BCUT2D eigenvalue weighted by Crippen LogP contribution is -2.41. The van der Waals surface area contributed by atoms with Crippen molar-refractivity contribution in [2.75, 3.05) is 26.3 Å². The van der Waals surface area contributed by atoms with Crippen molar-refractivity contribution in [2.24, 2.45) is 5.41 Å². The molecule has 2 aliphatic heterocycles. The van der Waals surface area contributed by atoms with Crippen molar-refractivity contribution in [3.63, 3.8) is 0 Å². The van der Waals surface area contributed by atoms with Crippen LogP contribution >= 0.6 is 0 Å². The Bertz CT molecular complexity index is 631. The van der Waals surface area contributed by atoms with Gasteiger partial charge in [0.15, 0.2) is 0 Å². The number of rotatable bonds is 2. The van der Waals surface area contributed by atoms with E-state index in [0.717, 1.165) is 45.2 Å². The molecule has 124 valence electrons. The van der Waals surface area contributed by atoms with E-state index < -0.39 is 11.6 Å². The van der Waals surface area contributed by atoms with Crippen LogP contribution in [0.3, 0.4) is 0 Å². The molecule has 1 saturated carbocycles. The second-order valence-corrected chi connectivity index (χ2v) is 7.04. The number of hydrogen-bond acceptors (Lipinski definition) is 2. The van der Waals surface area contributed by atoms with E-state index in [1.54, 1.807) is 0 Å². The van der Waals surface area contributed by atoms with Gasteiger partial charge in [0, 0.05) is 43.1 Å². The van der Waals surface area contributed by atoms with Gasteiger partial charge in [-0.25, -0.2) is 13.6 Å². The Morgan fingerprint density at radius 3 is 2.96 bits per heavy atom. The molecule has 3 fully saturated rings. The summed E-state index contributed by atoms with van der Waals surface area (Å²) < 4.78 is 32.2. The van der Waals surface area contributed by atoms with Crippen molar-refractivity contribution in [1.82, 2.24) is 10.2 Å². The summed E-state index contributed by atoms with van der Waals surface area (Å²) in [6, 6.07) is 3.50. The molecule has 1 aromatic carbocycles. The minimum absolute atomic E-state index is 0.0501. The van der Waals surface area contributed by atoms with Crippen LogP contribution in [-0.4, -0.2) is 43.3 Å². The first kappa shape index (κ1) is 14.9. The Kier molecular flexibility index (Phi) is 3.52. The van der Waals surface area contributed by atoms with Crippen molar-refractivity contribution in [1.29, 1.82) is 0 Å². The van der Waals surface area contributed by atoms with E-state index in [-0.39, 0.29) is 23.4 Å². The van der Waals surface area contributed by atoms with E-state index in [1.807, 2.05) is 4.90 Å². The first-order valence-corrected chi connectivity index (χ1v) is 8.14. The highest BCUT2D eigenvalue weighted by Crippen LogP contribution is 2.43. The van der Waals surface area contributed by atoms with E-state index >= 15 is 0 Å². The maximum absolute atomic E-state index is 13.8. The van der Waals surface area contributed by atoms with Crippen LogP contribution in [0.4, 0.5) is 13.6 Å². The predicted octanol–water partition coefficient (Wildman–Crippen LogP) is 2.64. The summed E-state index contributed by atoms with van der Waals surface area (Å²) in [5, 5.41) is 2.98. The van der Waals surface area contributed by atoms with Crippen LogP contribution in [0.25, 0.3) is 0 Å². The lowest BCUT2D eigenvalue weighted by atomic mass is 9.87. The van der Waals surface area contributed by atoms with Gasteiger partial charge in [-0.2, -0.15) is 0 Å². The molecule has 0 unspecified atom stereocenters. The third-order valence-corrected chi connectivity index (χ3v) is 5.37. The number of ether oxygens (including phenoxy) is 1. The molecule has 0 aromatic heterocycles. The highest BCUT2D eigenvalue weighted by atomic mass is 19.1. The number of amides is 2. The zero-order valence-electron chi connectivity index (χ0n) is 12.9. The van der Waals surface area contributed by atoms with Crippen molar-refractivity contribution >= 4 is 6.03 Å². The molecule has 3 atom stereocenters. The number of carbonyl (C=O) groups excluding carboxylic acids is 1. The largest absolute Gasteiger partial charge is 0.381 e. The highest BCUT2D eigenvalue weighted by molar-refractivity contribution is 5.75. The molecule has 0 radical (unpaired) electrons. The number of halogens is 2. The Labute approximate surface area is 133 Å². The standard InChI is InChI=1S/C17H20F2N2O2/c18-11-1-2-12(14(19)7-11)13-8-15(13)20-16(22)21-5-3-17(9-21)4-6-23-10-17/h1-2,7,13,15H,3-6,8-10H2,(H,20,22)/t13-,15+,17+/m0/s1. The summed E-state index contributed by atoms with van der Waals surface area (Å²) in [4.78, 5) is 14.2. The number of benzene rings is 1. The van der Waals surface area contributed by atoms with Crippen LogP contribution in [0, 0.1) is 17.0 Å². The second-order valence-electron chi connectivity index (χ2n) is 7.04. The van der Waals surface area contributed by atoms with E-state index in [0.29, 0.717) is 12.0 Å². The van der Waals surface area contributed by atoms with Gasteiger partial charge >= 0.3 is 6.03 Å². The number of nitrogens with one attached hydrogen (secondary N) is 1. The molecule has 4 nitrogen and oxygen atoms in total. The Balaban J connectivity index is 1.34. The molecule has 3 aliphatic rings. The van der Waals surface area contributed by atoms with Gasteiger partial charge in [0.1, 0.15) is 11.6 Å². The maximum atomic E-state index is 13.8. The van der Waals surface area contributed by atoms with Gasteiger partial charge in [0.25, 0.3) is 0 Å². The third kappa shape index (κ3) is 2.80. The number of carbonyl (C=O) groups is 1. The zero-order valence-corrected chi connectivity index (χ0v) is 12.9. The summed E-state index contributed by atoms with van der Waals surface area (Å²) in [7, 11) is 0. The summed E-state index contributed by atoms with van der Waals surface area (Å²) >= 11 is 0. The monoisotopic (exact) mass is 322 g/mol. The van der Waals surface area contributed by atoms with Crippen LogP contribution in [-0.2, 0) is 4.74 Å². The Morgan fingerprint density at radius 2 is 2.22 bits per heavy atom. The van der Waals surface area contributed by atoms with Crippen LogP contribution in [0.15, 0.2) is 18.2 Å². The van der Waals surface area contributed by atoms with Crippen LogP contribution < -0.4 is 5.32 Å².